The summed E-state index contributed by atoms with van der Waals surface area (Å²) in [5, 5.41) is 27.7. The summed E-state index contributed by atoms with van der Waals surface area (Å²) in [4.78, 5) is 25.4. The Kier molecular flexibility index (Phi) is 7.87. The number of benzene rings is 2. The molecule has 38 heavy (non-hydrogen) atoms. The van der Waals surface area contributed by atoms with Gasteiger partial charge < -0.3 is 25.4 Å². The second-order valence-electron chi connectivity index (χ2n) is 9.63. The van der Waals surface area contributed by atoms with Crippen LogP contribution in [-0.2, 0) is 4.79 Å². The van der Waals surface area contributed by atoms with Gasteiger partial charge >= 0.3 is 0 Å². The largest absolute Gasteiger partial charge is 0.388 e. The average Bonchev–Trinajstić information content (AvgIpc) is 3.46. The van der Waals surface area contributed by atoms with E-state index >= 15 is 0 Å². The van der Waals surface area contributed by atoms with Gasteiger partial charge in [-0.15, -0.1) is 0 Å². The molecule has 1 aliphatic rings. The molecule has 4 aromatic rings. The molecule has 2 aromatic carbocycles. The zero-order valence-corrected chi connectivity index (χ0v) is 21.8. The first-order valence-electron chi connectivity index (χ1n) is 12.9. The Morgan fingerprint density at radius 3 is 2.34 bits per heavy atom. The van der Waals surface area contributed by atoms with Gasteiger partial charge in [0, 0.05) is 18.9 Å². The molecule has 10 heteroatoms. The lowest BCUT2D eigenvalue weighted by Crippen LogP contribution is -2.42. The van der Waals surface area contributed by atoms with Crippen LogP contribution in [-0.4, -0.2) is 60.4 Å². The number of hydrogen-bond acceptors (Lipinski definition) is 7. The Morgan fingerprint density at radius 1 is 1.05 bits per heavy atom. The molecule has 4 atom stereocenters. The molecule has 0 spiro atoms. The van der Waals surface area contributed by atoms with Crippen molar-refractivity contribution in [3.8, 4) is 0 Å². The van der Waals surface area contributed by atoms with Gasteiger partial charge in [-0.1, -0.05) is 67.6 Å². The number of amides is 1. The number of imidazole rings is 1. The van der Waals surface area contributed by atoms with E-state index in [1.807, 2.05) is 43.3 Å². The van der Waals surface area contributed by atoms with Gasteiger partial charge in [0.1, 0.15) is 12.2 Å². The normalized spacial score (nSPS) is 21.2. The first kappa shape index (κ1) is 26.1. The third kappa shape index (κ3) is 5.36. The van der Waals surface area contributed by atoms with Crippen molar-refractivity contribution < 1.29 is 15.0 Å². The van der Waals surface area contributed by atoms with Crippen LogP contribution in [0.1, 0.15) is 49.3 Å². The van der Waals surface area contributed by atoms with Gasteiger partial charge in [0.2, 0.25) is 11.2 Å². The van der Waals surface area contributed by atoms with E-state index in [9.17, 15) is 15.0 Å². The number of halogens is 1. The third-order valence-electron chi connectivity index (χ3n) is 7.10. The summed E-state index contributed by atoms with van der Waals surface area (Å²) in [6.45, 7) is 2.45. The molecule has 0 aliphatic heterocycles. The molecule has 2 heterocycles. The van der Waals surface area contributed by atoms with E-state index in [0.29, 0.717) is 42.8 Å². The highest BCUT2D eigenvalue weighted by Crippen LogP contribution is 2.35. The van der Waals surface area contributed by atoms with E-state index in [2.05, 4.69) is 49.9 Å². The number of aliphatic hydroxyl groups excluding tert-OH is 2. The molecule has 0 radical (unpaired) electrons. The fraction of sp³-hybridized carbons (Fsp3) is 0.357. The molecule has 4 N–H and O–H groups in total. The molecule has 5 rings (SSSR count). The van der Waals surface area contributed by atoms with Gasteiger partial charge in [0.05, 0.1) is 18.4 Å². The van der Waals surface area contributed by atoms with Crippen molar-refractivity contribution >= 4 is 34.5 Å². The van der Waals surface area contributed by atoms with Crippen LogP contribution in [0.25, 0.3) is 11.2 Å². The van der Waals surface area contributed by atoms with Crippen molar-refractivity contribution in [1.29, 1.82) is 0 Å². The van der Waals surface area contributed by atoms with Gasteiger partial charge in [-0.3, -0.25) is 4.79 Å². The third-order valence-corrected chi connectivity index (χ3v) is 7.27. The fourth-order valence-corrected chi connectivity index (χ4v) is 5.35. The molecule has 0 saturated heterocycles. The summed E-state index contributed by atoms with van der Waals surface area (Å²) in [6.07, 6.45) is 0.757. The van der Waals surface area contributed by atoms with Crippen LogP contribution in [0, 0.1) is 0 Å². The van der Waals surface area contributed by atoms with Crippen LogP contribution in [0.4, 0.5) is 5.82 Å². The molecule has 1 amide bonds. The van der Waals surface area contributed by atoms with Crippen LogP contribution >= 0.6 is 11.6 Å². The van der Waals surface area contributed by atoms with E-state index in [0.717, 1.165) is 11.1 Å². The van der Waals surface area contributed by atoms with Gasteiger partial charge in [-0.2, -0.15) is 9.97 Å². The van der Waals surface area contributed by atoms with Crippen LogP contribution in [0.3, 0.4) is 0 Å². The van der Waals surface area contributed by atoms with Gasteiger partial charge in [-0.25, -0.2) is 4.98 Å². The number of nitrogens with one attached hydrogen (secondary N) is 2. The number of fused-ring (bicyclic) bond motifs is 1. The highest BCUT2D eigenvalue weighted by molar-refractivity contribution is 6.28. The number of nitrogens with zero attached hydrogens (tertiary/aromatic N) is 4. The van der Waals surface area contributed by atoms with E-state index in [1.54, 1.807) is 10.9 Å². The second kappa shape index (κ2) is 11.5. The first-order chi connectivity index (χ1) is 18.5. The number of hydrogen-bond donors (Lipinski definition) is 4. The summed E-state index contributed by atoms with van der Waals surface area (Å²) >= 11 is 6.33. The monoisotopic (exact) mass is 534 g/mol. The predicted molar refractivity (Wildman–Crippen MR) is 146 cm³/mol. The SMILES string of the molecule is CCCC(=O)N[C@H]1CC(n2cnc3c(NCC(c4ccccc4)c4ccccc4)nc(Cl)nc32)[C@H](O)[C@@H]1O. The minimum absolute atomic E-state index is 0.0403. The van der Waals surface area contributed by atoms with E-state index in [4.69, 9.17) is 11.6 Å². The van der Waals surface area contributed by atoms with Gasteiger partial charge in [-0.05, 0) is 35.6 Å². The number of anilines is 1. The highest BCUT2D eigenvalue weighted by atomic mass is 35.5. The smallest absolute Gasteiger partial charge is 0.226 e. The number of rotatable bonds is 9. The zero-order valence-electron chi connectivity index (χ0n) is 21.0. The molecule has 1 fully saturated rings. The van der Waals surface area contributed by atoms with Crippen LogP contribution in [0.15, 0.2) is 67.0 Å². The van der Waals surface area contributed by atoms with Crippen molar-refractivity contribution in [2.75, 3.05) is 11.9 Å². The minimum atomic E-state index is -1.11. The number of aliphatic hydroxyl groups is 2. The lowest BCUT2D eigenvalue weighted by Gasteiger charge is -2.20. The Morgan fingerprint density at radius 2 is 1.71 bits per heavy atom. The molecule has 198 valence electrons. The van der Waals surface area contributed by atoms with Crippen molar-refractivity contribution in [1.82, 2.24) is 24.8 Å². The maximum absolute atomic E-state index is 12.1. The van der Waals surface area contributed by atoms with Crippen LogP contribution in [0.5, 0.6) is 0 Å². The number of carbonyl (C=O) groups is 1. The summed E-state index contributed by atoms with van der Waals surface area (Å²) in [6, 6.07) is 19.3. The standard InChI is InChI=1S/C28H31ClN6O3/c1-2-9-22(36)32-20-14-21(25(38)24(20)37)35-16-31-23-26(33-28(29)34-27(23)35)30-15-19(17-10-5-3-6-11-17)18-12-7-4-8-13-18/h3-8,10-13,16,19-21,24-25,37-38H,2,9,14-15H2,1H3,(H,32,36)(H,30,33,34)/t20-,21?,24+,25-/m0/s1. The molecule has 1 unspecified atom stereocenters. The van der Waals surface area contributed by atoms with E-state index in [-0.39, 0.29) is 17.1 Å². The van der Waals surface area contributed by atoms with Crippen molar-refractivity contribution in [2.45, 2.75) is 56.4 Å². The lowest BCUT2D eigenvalue weighted by atomic mass is 9.91. The Labute approximate surface area is 225 Å². The molecule has 1 saturated carbocycles. The fourth-order valence-electron chi connectivity index (χ4n) is 5.19. The van der Waals surface area contributed by atoms with Crippen molar-refractivity contribution in [3.63, 3.8) is 0 Å². The zero-order chi connectivity index (χ0) is 26.6. The topological polar surface area (TPSA) is 125 Å². The lowest BCUT2D eigenvalue weighted by molar-refractivity contribution is -0.122. The van der Waals surface area contributed by atoms with Crippen molar-refractivity contribution in [3.05, 3.63) is 83.4 Å². The van der Waals surface area contributed by atoms with Crippen molar-refractivity contribution in [2.24, 2.45) is 0 Å². The van der Waals surface area contributed by atoms with Gasteiger partial charge in [0.25, 0.3) is 0 Å². The highest BCUT2D eigenvalue weighted by Gasteiger charge is 2.43. The van der Waals surface area contributed by atoms with E-state index in [1.165, 1.54) is 0 Å². The molecule has 1 aliphatic carbocycles. The Bertz CT molecular complexity index is 1340. The summed E-state index contributed by atoms with van der Waals surface area (Å²) in [5.41, 5.74) is 3.27. The number of aromatic nitrogens is 4. The van der Waals surface area contributed by atoms with Gasteiger partial charge in [0.15, 0.2) is 17.0 Å². The average molecular weight is 535 g/mol. The van der Waals surface area contributed by atoms with E-state index < -0.39 is 24.3 Å². The summed E-state index contributed by atoms with van der Waals surface area (Å²) in [5.74, 6) is 0.391. The molecule has 9 nitrogen and oxygen atoms in total. The second-order valence-corrected chi connectivity index (χ2v) is 9.97. The Balaban J connectivity index is 1.41. The summed E-state index contributed by atoms with van der Waals surface area (Å²) < 4.78 is 1.71. The molecular weight excluding hydrogens is 504 g/mol. The maximum atomic E-state index is 12.1. The first-order valence-corrected chi connectivity index (χ1v) is 13.2. The quantitative estimate of drug-likeness (QED) is 0.241. The molecule has 2 aromatic heterocycles. The van der Waals surface area contributed by atoms with Crippen LogP contribution < -0.4 is 10.6 Å². The predicted octanol–water partition coefficient (Wildman–Crippen LogP) is 3.68. The maximum Gasteiger partial charge on any atom is 0.226 e. The van der Waals surface area contributed by atoms with Crippen LogP contribution in [0.2, 0.25) is 5.28 Å². The minimum Gasteiger partial charge on any atom is -0.388 e. The Hall–Kier alpha value is -3.53. The molecular formula is C28H31ClN6O3. The molecule has 0 bridgehead atoms. The summed E-state index contributed by atoms with van der Waals surface area (Å²) in [7, 11) is 0. The number of carbonyl (C=O) groups excluding carboxylic acids is 1.